The van der Waals surface area contributed by atoms with Crippen LogP contribution < -0.4 is 4.57 Å². The zero-order valence-electron chi connectivity index (χ0n) is 12.1. The standard InChI is InChI=1S/C8H12N.C2F6NO4S2/c1-8(2)9-6-4-3-5-7-9;3-1(4,5)14(10,11)9-15(12,13)2(6,7)8/h3-8H,1-2H3;/q+1;-1. The maximum atomic E-state index is 11.4. The van der Waals surface area contributed by atoms with Gasteiger partial charge >= 0.3 is 11.0 Å². The third-order valence-corrected chi connectivity index (χ3v) is 4.86. The van der Waals surface area contributed by atoms with Crippen molar-refractivity contribution in [3.63, 3.8) is 0 Å². The summed E-state index contributed by atoms with van der Waals surface area (Å²) in [5.41, 5.74) is -12.4. The third kappa shape index (κ3) is 6.60. The molecule has 0 bridgehead atoms. The highest BCUT2D eigenvalue weighted by Crippen LogP contribution is 2.36. The minimum atomic E-state index is -6.72. The summed E-state index contributed by atoms with van der Waals surface area (Å²) in [6, 6.07) is 6.69. The highest BCUT2D eigenvalue weighted by Gasteiger charge is 2.46. The van der Waals surface area contributed by atoms with E-state index in [2.05, 4.69) is 30.8 Å². The van der Waals surface area contributed by atoms with Crippen molar-refractivity contribution in [3.05, 3.63) is 34.7 Å². The van der Waals surface area contributed by atoms with Crippen molar-refractivity contribution >= 4 is 20.0 Å². The summed E-state index contributed by atoms with van der Waals surface area (Å²) in [6.45, 7) is 4.33. The highest BCUT2D eigenvalue weighted by atomic mass is 32.3. The number of nitrogens with zero attached hydrogens (tertiary/aromatic N) is 2. The molecule has 1 aromatic rings. The molecule has 0 saturated carbocycles. The molecule has 1 heterocycles. The number of hydrogen-bond acceptors (Lipinski definition) is 4. The van der Waals surface area contributed by atoms with E-state index in [0.29, 0.717) is 6.04 Å². The maximum Gasteiger partial charge on any atom is 0.480 e. The smallest absolute Gasteiger partial charge is 0.421 e. The lowest BCUT2D eigenvalue weighted by Gasteiger charge is -2.22. The van der Waals surface area contributed by atoms with E-state index in [1.54, 1.807) is 0 Å². The molecule has 0 aliphatic rings. The number of hydrogen-bond donors (Lipinski definition) is 0. The molecule has 1 rings (SSSR count). The Morgan fingerprint density at radius 2 is 1.12 bits per heavy atom. The second-order valence-corrected chi connectivity index (χ2v) is 7.75. The summed E-state index contributed by atoms with van der Waals surface area (Å²) in [5, 5.41) is 0. The predicted molar refractivity (Wildman–Crippen MR) is 70.3 cm³/mol. The Kier molecular flexibility index (Phi) is 7.20. The van der Waals surface area contributed by atoms with Gasteiger partial charge in [0.15, 0.2) is 38.5 Å². The van der Waals surface area contributed by atoms with Crippen LogP contribution in [0.1, 0.15) is 19.9 Å². The van der Waals surface area contributed by atoms with Crippen LogP contribution in [0.4, 0.5) is 26.3 Å². The average Bonchev–Trinajstić information content (AvgIpc) is 2.36. The van der Waals surface area contributed by atoms with Crippen molar-refractivity contribution in [3.8, 4) is 0 Å². The number of halogens is 6. The van der Waals surface area contributed by atoms with Crippen LogP contribution in [0, 0.1) is 0 Å². The van der Waals surface area contributed by atoms with Crippen LogP contribution in [0.2, 0.25) is 0 Å². The topological polar surface area (TPSA) is 86.3 Å². The first kappa shape index (κ1) is 22.6. The van der Waals surface area contributed by atoms with E-state index in [1.807, 2.05) is 18.2 Å². The van der Waals surface area contributed by atoms with Gasteiger partial charge in [-0.15, -0.1) is 0 Å². The number of rotatable bonds is 3. The van der Waals surface area contributed by atoms with Crippen LogP contribution in [0.25, 0.3) is 4.13 Å². The third-order valence-electron chi connectivity index (χ3n) is 2.12. The zero-order valence-corrected chi connectivity index (χ0v) is 13.7. The van der Waals surface area contributed by atoms with Crippen LogP contribution in [0.5, 0.6) is 0 Å². The largest absolute Gasteiger partial charge is 0.480 e. The Labute approximate surface area is 134 Å². The molecule has 1 aromatic heterocycles. The fourth-order valence-electron chi connectivity index (χ4n) is 0.970. The number of alkyl halides is 6. The van der Waals surface area contributed by atoms with Gasteiger partial charge in [0.1, 0.15) is 0 Å². The first-order valence-electron chi connectivity index (χ1n) is 5.84. The molecule has 0 aliphatic carbocycles. The van der Waals surface area contributed by atoms with Crippen molar-refractivity contribution in [1.82, 2.24) is 0 Å². The second kappa shape index (κ2) is 7.65. The lowest BCUT2D eigenvalue weighted by Crippen LogP contribution is -2.34. The summed E-state index contributed by atoms with van der Waals surface area (Å²) < 4.78 is 111. The van der Waals surface area contributed by atoms with E-state index in [9.17, 15) is 43.2 Å². The van der Waals surface area contributed by atoms with Crippen LogP contribution in [-0.4, -0.2) is 27.9 Å². The molecule has 0 radical (unpaired) electrons. The molecule has 0 atom stereocenters. The van der Waals surface area contributed by atoms with Crippen molar-refractivity contribution in [2.24, 2.45) is 0 Å². The Bertz CT molecular complexity index is 685. The molecule has 0 amide bonds. The van der Waals surface area contributed by atoms with E-state index in [1.165, 1.54) is 0 Å². The molecule has 0 N–H and O–H groups in total. The Morgan fingerprint density at radius 3 is 1.33 bits per heavy atom. The molecule has 0 unspecified atom stereocenters. The molecule has 6 nitrogen and oxygen atoms in total. The minimum Gasteiger partial charge on any atom is -0.421 e. The van der Waals surface area contributed by atoms with Crippen molar-refractivity contribution < 1.29 is 47.7 Å². The summed E-state index contributed by atoms with van der Waals surface area (Å²) in [7, 11) is -13.4. The van der Waals surface area contributed by atoms with Gasteiger partial charge in [-0.05, 0) is 13.8 Å². The molecule has 0 aromatic carbocycles. The van der Waals surface area contributed by atoms with Crippen LogP contribution in [0.15, 0.2) is 30.6 Å². The first-order valence-corrected chi connectivity index (χ1v) is 8.72. The molecular weight excluding hydrogens is 390 g/mol. The maximum absolute atomic E-state index is 11.4. The highest BCUT2D eigenvalue weighted by molar-refractivity contribution is 8.13. The van der Waals surface area contributed by atoms with Gasteiger partial charge in [-0.25, -0.2) is 21.4 Å². The van der Waals surface area contributed by atoms with Crippen LogP contribution in [0.3, 0.4) is 0 Å². The van der Waals surface area contributed by atoms with E-state index >= 15 is 0 Å². The molecule has 0 saturated heterocycles. The normalized spacial score (nSPS) is 13.4. The number of sulfonamides is 2. The van der Waals surface area contributed by atoms with Crippen molar-refractivity contribution in [1.29, 1.82) is 0 Å². The fourth-order valence-corrected chi connectivity index (χ4v) is 2.68. The quantitative estimate of drug-likeness (QED) is 0.575. The summed E-state index contributed by atoms with van der Waals surface area (Å²) in [5.74, 6) is 0. The molecule has 0 aliphatic heterocycles. The van der Waals surface area contributed by atoms with Gasteiger partial charge in [0, 0.05) is 12.1 Å². The Morgan fingerprint density at radius 1 is 0.792 bits per heavy atom. The van der Waals surface area contributed by atoms with Gasteiger partial charge < -0.3 is 4.13 Å². The Balaban J connectivity index is 0.000000496. The Hall–Kier alpha value is -1.41. The monoisotopic (exact) mass is 402 g/mol. The fraction of sp³-hybridized carbons (Fsp3) is 0.500. The van der Waals surface area contributed by atoms with Crippen molar-refractivity contribution in [2.45, 2.75) is 30.9 Å². The van der Waals surface area contributed by atoms with Crippen LogP contribution >= 0.6 is 0 Å². The number of aromatic nitrogens is 1. The molecule has 14 heteroatoms. The second-order valence-electron chi connectivity index (χ2n) is 4.33. The summed E-state index contributed by atoms with van der Waals surface area (Å²) in [4.78, 5) is 0. The zero-order chi connectivity index (χ0) is 19.4. The van der Waals surface area contributed by atoms with E-state index < -0.39 is 31.1 Å². The van der Waals surface area contributed by atoms with Gasteiger partial charge in [0.2, 0.25) is 0 Å². The molecular formula is C10H12F6N2O4S2. The molecule has 0 fully saturated rings. The SMILES string of the molecule is CC(C)[n+]1ccccc1.O=S(=O)([N-]S(=O)(=O)C(F)(F)F)C(F)(F)F. The van der Waals surface area contributed by atoms with Gasteiger partial charge in [0.05, 0.1) is 0 Å². The summed E-state index contributed by atoms with van der Waals surface area (Å²) >= 11 is 0. The van der Waals surface area contributed by atoms with Gasteiger partial charge in [-0.3, -0.25) is 0 Å². The van der Waals surface area contributed by atoms with Gasteiger partial charge in [0.25, 0.3) is 0 Å². The summed E-state index contributed by atoms with van der Waals surface area (Å²) in [6.07, 6.45) is 4.15. The van der Waals surface area contributed by atoms with E-state index in [-0.39, 0.29) is 0 Å². The van der Waals surface area contributed by atoms with E-state index in [4.69, 9.17) is 0 Å². The lowest BCUT2D eigenvalue weighted by molar-refractivity contribution is -0.716. The molecule has 140 valence electrons. The molecule has 24 heavy (non-hydrogen) atoms. The lowest BCUT2D eigenvalue weighted by atomic mass is 10.3. The van der Waals surface area contributed by atoms with E-state index in [0.717, 1.165) is 4.13 Å². The average molecular weight is 402 g/mol. The first-order chi connectivity index (χ1) is 10.5. The molecule has 0 spiro atoms. The van der Waals surface area contributed by atoms with Crippen molar-refractivity contribution in [2.75, 3.05) is 0 Å². The van der Waals surface area contributed by atoms with Gasteiger partial charge in [-0.2, -0.15) is 26.3 Å². The number of pyridine rings is 1. The van der Waals surface area contributed by atoms with Gasteiger partial charge in [-0.1, -0.05) is 6.07 Å². The minimum absolute atomic E-state index is 0.575. The predicted octanol–water partition coefficient (Wildman–Crippen LogP) is 2.61. The van der Waals surface area contributed by atoms with Crippen LogP contribution in [-0.2, 0) is 20.0 Å².